The van der Waals surface area contributed by atoms with Gasteiger partial charge in [0.15, 0.2) is 0 Å². The van der Waals surface area contributed by atoms with Crippen LogP contribution < -0.4 is 11.5 Å². The van der Waals surface area contributed by atoms with Gasteiger partial charge in [0.2, 0.25) is 11.4 Å². The lowest BCUT2D eigenvalue weighted by molar-refractivity contribution is -0.297. The molecule has 6 N–H and O–H groups in total. The van der Waals surface area contributed by atoms with E-state index in [2.05, 4.69) is 46.5 Å². The van der Waals surface area contributed by atoms with Gasteiger partial charge in [-0.05, 0) is 23.6 Å². The molecule has 5 heteroatoms. The van der Waals surface area contributed by atoms with Gasteiger partial charge >= 0.3 is 0 Å². The maximum atomic E-state index is 4.09. The molecule has 0 aromatic carbocycles. The molecular formula is C12H12N2S3+2. The van der Waals surface area contributed by atoms with Gasteiger partial charge in [-0.25, -0.2) is 0 Å². The molecule has 0 atom stereocenters. The highest BCUT2D eigenvalue weighted by molar-refractivity contribution is 7.26. The van der Waals surface area contributed by atoms with Crippen LogP contribution in [0.4, 0.5) is 11.4 Å². The van der Waals surface area contributed by atoms with E-state index in [1.165, 1.54) is 19.5 Å². The van der Waals surface area contributed by atoms with Crippen LogP contribution in [0.15, 0.2) is 35.0 Å². The first kappa shape index (κ1) is 11.1. The van der Waals surface area contributed by atoms with Crippen molar-refractivity contribution in [2.45, 2.75) is 0 Å². The van der Waals surface area contributed by atoms with Crippen molar-refractivity contribution in [1.82, 2.24) is 0 Å². The Bertz CT molecular complexity index is 635. The molecule has 86 valence electrons. The average molecular weight is 280 g/mol. The fraction of sp³-hybridized carbons (Fsp3) is 0. The zero-order valence-corrected chi connectivity index (χ0v) is 11.6. The van der Waals surface area contributed by atoms with Crippen LogP contribution in [-0.2, 0) is 0 Å². The van der Waals surface area contributed by atoms with E-state index in [0.717, 1.165) is 11.4 Å². The van der Waals surface area contributed by atoms with Crippen molar-refractivity contribution in [3.05, 3.63) is 35.0 Å². The minimum atomic E-state index is 1.04. The van der Waals surface area contributed by atoms with E-state index in [1.54, 1.807) is 22.7 Å². The van der Waals surface area contributed by atoms with E-state index in [0.29, 0.717) is 0 Å². The van der Waals surface area contributed by atoms with Crippen LogP contribution in [0.25, 0.3) is 19.5 Å². The van der Waals surface area contributed by atoms with Gasteiger partial charge in [-0.1, -0.05) is 6.07 Å². The Balaban J connectivity index is 2.04. The topological polar surface area (TPSA) is 55.3 Å². The zero-order valence-electron chi connectivity index (χ0n) is 9.10. The lowest BCUT2D eigenvalue weighted by atomic mass is 10.3. The minimum Gasteiger partial charge on any atom is -0.319 e. The molecule has 3 rings (SSSR count). The second-order valence-electron chi connectivity index (χ2n) is 3.71. The first-order valence-electron chi connectivity index (χ1n) is 5.15. The van der Waals surface area contributed by atoms with Crippen molar-refractivity contribution in [2.75, 3.05) is 0 Å². The molecule has 0 aliphatic carbocycles. The summed E-state index contributed by atoms with van der Waals surface area (Å²) in [6.07, 6.45) is 0. The number of hydrogen-bond acceptors (Lipinski definition) is 3. The van der Waals surface area contributed by atoms with E-state index in [-0.39, 0.29) is 0 Å². The van der Waals surface area contributed by atoms with Crippen molar-refractivity contribution < 1.29 is 11.5 Å². The van der Waals surface area contributed by atoms with Crippen molar-refractivity contribution in [1.29, 1.82) is 0 Å². The predicted octanol–water partition coefficient (Wildman–Crippen LogP) is 2.95. The summed E-state index contributed by atoms with van der Waals surface area (Å²) in [6, 6.07) is 8.62. The standard InChI is InChI=1S/C12H10N2S3/c13-7-6-16-12(11(7)14)10-4-3-9(17-10)8-2-1-5-15-8/h1-6H,13-14H2/p+2. The van der Waals surface area contributed by atoms with Gasteiger partial charge in [-0.2, -0.15) is 0 Å². The number of quaternary nitrogens is 2. The average Bonchev–Trinajstić information content (AvgIpc) is 3.01. The van der Waals surface area contributed by atoms with Crippen LogP contribution in [0.5, 0.6) is 0 Å². The summed E-state index contributed by atoms with van der Waals surface area (Å²) in [6.45, 7) is 0. The molecule has 0 aliphatic heterocycles. The number of hydrogen-bond donors (Lipinski definition) is 2. The molecule has 3 heterocycles. The Morgan fingerprint density at radius 1 is 0.882 bits per heavy atom. The van der Waals surface area contributed by atoms with Gasteiger partial charge in [-0.3, -0.25) is 0 Å². The molecule has 3 aromatic rings. The summed E-state index contributed by atoms with van der Waals surface area (Å²) >= 11 is 5.33. The van der Waals surface area contributed by atoms with Crippen molar-refractivity contribution in [3.8, 4) is 19.5 Å². The van der Waals surface area contributed by atoms with Gasteiger partial charge in [-0.15, -0.1) is 34.0 Å². The Morgan fingerprint density at radius 2 is 1.71 bits per heavy atom. The maximum Gasteiger partial charge on any atom is 0.208 e. The largest absolute Gasteiger partial charge is 0.319 e. The first-order chi connectivity index (χ1) is 8.25. The zero-order chi connectivity index (χ0) is 11.8. The lowest BCUT2D eigenvalue weighted by Gasteiger charge is -1.91. The fourth-order valence-electron chi connectivity index (χ4n) is 1.64. The van der Waals surface area contributed by atoms with E-state index in [9.17, 15) is 0 Å². The van der Waals surface area contributed by atoms with E-state index in [4.69, 9.17) is 0 Å². The fourth-order valence-corrected chi connectivity index (χ4v) is 4.57. The number of rotatable bonds is 2. The molecule has 0 aliphatic rings. The second-order valence-corrected chi connectivity index (χ2v) is 6.62. The molecule has 0 unspecified atom stereocenters. The molecule has 0 amide bonds. The maximum absolute atomic E-state index is 4.09. The van der Waals surface area contributed by atoms with Crippen LogP contribution in [0.2, 0.25) is 0 Å². The predicted molar refractivity (Wildman–Crippen MR) is 76.0 cm³/mol. The van der Waals surface area contributed by atoms with E-state index in [1.807, 2.05) is 11.3 Å². The molecular weight excluding hydrogens is 268 g/mol. The summed E-state index contributed by atoms with van der Waals surface area (Å²) in [5.41, 5.74) is 10.2. The highest BCUT2D eigenvalue weighted by Crippen LogP contribution is 2.42. The molecule has 3 aromatic heterocycles. The normalized spacial score (nSPS) is 10.9. The summed E-state index contributed by atoms with van der Waals surface area (Å²) in [5, 5.41) is 4.18. The Labute approximate surface area is 111 Å². The second kappa shape index (κ2) is 4.36. The van der Waals surface area contributed by atoms with Gasteiger partial charge < -0.3 is 11.5 Å². The van der Waals surface area contributed by atoms with Crippen LogP contribution >= 0.6 is 34.0 Å². The number of thiophene rings is 3. The third kappa shape index (κ3) is 1.96. The highest BCUT2D eigenvalue weighted by Gasteiger charge is 2.16. The molecule has 0 spiro atoms. The van der Waals surface area contributed by atoms with Crippen molar-refractivity contribution in [2.24, 2.45) is 0 Å². The van der Waals surface area contributed by atoms with Crippen molar-refractivity contribution in [3.63, 3.8) is 0 Å². The Kier molecular flexibility index (Phi) is 2.85. The molecule has 0 saturated carbocycles. The van der Waals surface area contributed by atoms with Crippen molar-refractivity contribution >= 4 is 45.4 Å². The van der Waals surface area contributed by atoms with Gasteiger partial charge in [0, 0.05) is 9.75 Å². The molecule has 0 saturated heterocycles. The molecule has 17 heavy (non-hydrogen) atoms. The smallest absolute Gasteiger partial charge is 0.208 e. The van der Waals surface area contributed by atoms with Crippen LogP contribution in [-0.4, -0.2) is 0 Å². The Hall–Kier alpha value is -0.980. The molecule has 0 radical (unpaired) electrons. The Morgan fingerprint density at radius 3 is 2.35 bits per heavy atom. The lowest BCUT2D eigenvalue weighted by Crippen LogP contribution is -2.49. The minimum absolute atomic E-state index is 1.04. The van der Waals surface area contributed by atoms with Gasteiger partial charge in [0.1, 0.15) is 4.88 Å². The summed E-state index contributed by atoms with van der Waals surface area (Å²) < 4.78 is 0. The molecule has 0 fully saturated rings. The third-order valence-corrected chi connectivity index (χ3v) is 5.98. The molecule has 2 nitrogen and oxygen atoms in total. The van der Waals surface area contributed by atoms with Crippen LogP contribution in [0.1, 0.15) is 0 Å². The summed E-state index contributed by atoms with van der Waals surface area (Å²) in [5.74, 6) is 0. The quantitative estimate of drug-likeness (QED) is 0.725. The van der Waals surface area contributed by atoms with Crippen LogP contribution in [0, 0.1) is 0 Å². The summed E-state index contributed by atoms with van der Waals surface area (Å²) in [7, 11) is 0. The molecule has 0 bridgehead atoms. The van der Waals surface area contributed by atoms with Crippen LogP contribution in [0.3, 0.4) is 0 Å². The van der Waals surface area contributed by atoms with E-state index >= 15 is 0 Å². The monoisotopic (exact) mass is 280 g/mol. The van der Waals surface area contributed by atoms with Gasteiger partial charge in [0.25, 0.3) is 0 Å². The SMILES string of the molecule is [NH3+]c1csc(-c2ccc(-c3cccs3)s2)c1[NH3+]. The van der Waals surface area contributed by atoms with Gasteiger partial charge in [0.05, 0.1) is 10.3 Å². The summed E-state index contributed by atoms with van der Waals surface area (Å²) in [4.78, 5) is 5.20. The third-order valence-electron chi connectivity index (χ3n) is 2.57. The first-order valence-corrected chi connectivity index (χ1v) is 7.73. The highest BCUT2D eigenvalue weighted by atomic mass is 32.1. The van der Waals surface area contributed by atoms with E-state index < -0.39 is 0 Å².